The number of amides is 1. The number of nitrogens with zero attached hydrogens (tertiary/aromatic N) is 2. The number of hydrogen-bond donors (Lipinski definition) is 1. The molecule has 0 saturated heterocycles. The molecule has 1 amide bonds. The normalized spacial score (nSPS) is 10.7. The molecule has 0 radical (unpaired) electrons. The SMILES string of the molecule is CSc1ccc(Cl)c(C(=O)Nc2ccccc2-n2nc(C)cc2C)c1. The van der Waals surface area contributed by atoms with Gasteiger partial charge in [0.2, 0.25) is 0 Å². The van der Waals surface area contributed by atoms with E-state index in [1.165, 1.54) is 0 Å². The van der Waals surface area contributed by atoms with E-state index in [0.29, 0.717) is 16.3 Å². The van der Waals surface area contributed by atoms with Crippen LogP contribution in [0.4, 0.5) is 5.69 Å². The molecule has 6 heteroatoms. The molecule has 3 aromatic rings. The molecule has 3 rings (SSSR count). The Morgan fingerprint density at radius 3 is 2.60 bits per heavy atom. The molecule has 1 N–H and O–H groups in total. The van der Waals surface area contributed by atoms with Gasteiger partial charge in [0, 0.05) is 10.6 Å². The Balaban J connectivity index is 1.97. The minimum absolute atomic E-state index is 0.241. The van der Waals surface area contributed by atoms with Gasteiger partial charge in [-0.15, -0.1) is 11.8 Å². The van der Waals surface area contributed by atoms with E-state index in [1.54, 1.807) is 23.9 Å². The Hall–Kier alpha value is -2.24. The van der Waals surface area contributed by atoms with Crippen LogP contribution in [0.5, 0.6) is 0 Å². The number of benzene rings is 2. The Bertz CT molecular complexity index is 936. The lowest BCUT2D eigenvalue weighted by Crippen LogP contribution is -2.15. The van der Waals surface area contributed by atoms with Gasteiger partial charge >= 0.3 is 0 Å². The smallest absolute Gasteiger partial charge is 0.257 e. The molecule has 0 spiro atoms. The van der Waals surface area contributed by atoms with E-state index in [4.69, 9.17) is 11.6 Å². The molecule has 25 heavy (non-hydrogen) atoms. The molecule has 2 aromatic carbocycles. The van der Waals surface area contributed by atoms with Crippen LogP contribution in [0.25, 0.3) is 5.69 Å². The van der Waals surface area contributed by atoms with Crippen molar-refractivity contribution in [2.75, 3.05) is 11.6 Å². The first-order valence-electron chi connectivity index (χ1n) is 7.77. The van der Waals surface area contributed by atoms with Gasteiger partial charge in [-0.05, 0) is 56.5 Å². The summed E-state index contributed by atoms with van der Waals surface area (Å²) in [6, 6.07) is 15.0. The summed E-state index contributed by atoms with van der Waals surface area (Å²) >= 11 is 7.78. The second kappa shape index (κ2) is 7.33. The maximum atomic E-state index is 12.7. The average Bonchev–Trinajstić information content (AvgIpc) is 2.94. The Morgan fingerprint density at radius 2 is 1.92 bits per heavy atom. The van der Waals surface area contributed by atoms with Gasteiger partial charge in [0.25, 0.3) is 5.91 Å². The zero-order valence-corrected chi connectivity index (χ0v) is 15.8. The average molecular weight is 372 g/mol. The number of rotatable bonds is 4. The third-order valence-corrected chi connectivity index (χ3v) is 4.86. The number of hydrogen-bond acceptors (Lipinski definition) is 3. The fourth-order valence-corrected chi connectivity index (χ4v) is 3.28. The third kappa shape index (κ3) is 3.72. The highest BCUT2D eigenvalue weighted by Gasteiger charge is 2.15. The van der Waals surface area contributed by atoms with Gasteiger partial charge < -0.3 is 5.32 Å². The second-order valence-electron chi connectivity index (χ2n) is 5.66. The number of anilines is 1. The van der Waals surface area contributed by atoms with Crippen LogP contribution in [0.15, 0.2) is 53.4 Å². The zero-order chi connectivity index (χ0) is 18.0. The largest absolute Gasteiger partial charge is 0.320 e. The molecular formula is C19H18ClN3OS. The summed E-state index contributed by atoms with van der Waals surface area (Å²) in [6.07, 6.45) is 1.96. The first kappa shape index (κ1) is 17.6. The van der Waals surface area contributed by atoms with Crippen LogP contribution in [0, 0.1) is 13.8 Å². The van der Waals surface area contributed by atoms with E-state index in [2.05, 4.69) is 10.4 Å². The van der Waals surface area contributed by atoms with Crippen molar-refractivity contribution in [3.63, 3.8) is 0 Å². The van der Waals surface area contributed by atoms with Crippen molar-refractivity contribution in [1.82, 2.24) is 9.78 Å². The van der Waals surface area contributed by atoms with Crippen LogP contribution < -0.4 is 5.32 Å². The Labute approximate surface area is 156 Å². The maximum absolute atomic E-state index is 12.7. The van der Waals surface area contributed by atoms with E-state index in [0.717, 1.165) is 22.0 Å². The van der Waals surface area contributed by atoms with Crippen LogP contribution in [0.3, 0.4) is 0 Å². The lowest BCUT2D eigenvalue weighted by atomic mass is 10.2. The predicted octanol–water partition coefficient (Wildman–Crippen LogP) is 5.12. The number of halogens is 1. The number of aromatic nitrogens is 2. The number of carbonyl (C=O) groups is 1. The molecule has 128 valence electrons. The lowest BCUT2D eigenvalue weighted by molar-refractivity contribution is 0.102. The fraction of sp³-hybridized carbons (Fsp3) is 0.158. The van der Waals surface area contributed by atoms with Crippen LogP contribution >= 0.6 is 23.4 Å². The standard InChI is InChI=1S/C19H18ClN3OS/c1-12-10-13(2)23(22-12)18-7-5-4-6-17(18)21-19(24)15-11-14(25-3)8-9-16(15)20/h4-11H,1-3H3,(H,21,24). The Morgan fingerprint density at radius 1 is 1.16 bits per heavy atom. The first-order valence-corrected chi connectivity index (χ1v) is 9.37. The second-order valence-corrected chi connectivity index (χ2v) is 6.94. The van der Waals surface area contributed by atoms with E-state index < -0.39 is 0 Å². The number of carbonyl (C=O) groups excluding carboxylic acids is 1. The van der Waals surface area contributed by atoms with Crippen molar-refractivity contribution in [3.05, 3.63) is 70.5 Å². The number of thioether (sulfide) groups is 1. The fourth-order valence-electron chi connectivity index (χ4n) is 2.63. The van der Waals surface area contributed by atoms with Crippen molar-refractivity contribution in [1.29, 1.82) is 0 Å². The van der Waals surface area contributed by atoms with Gasteiger partial charge in [0.05, 0.1) is 27.7 Å². The molecule has 4 nitrogen and oxygen atoms in total. The highest BCUT2D eigenvalue weighted by atomic mass is 35.5. The van der Waals surface area contributed by atoms with E-state index in [9.17, 15) is 4.79 Å². The van der Waals surface area contributed by atoms with Crippen LogP contribution in [-0.4, -0.2) is 21.9 Å². The molecule has 0 aliphatic carbocycles. The van der Waals surface area contributed by atoms with Gasteiger partial charge in [0.1, 0.15) is 0 Å². The minimum atomic E-state index is -0.241. The van der Waals surface area contributed by atoms with Crippen molar-refractivity contribution in [3.8, 4) is 5.69 Å². The highest BCUT2D eigenvalue weighted by molar-refractivity contribution is 7.98. The monoisotopic (exact) mass is 371 g/mol. The third-order valence-electron chi connectivity index (χ3n) is 3.81. The van der Waals surface area contributed by atoms with Crippen molar-refractivity contribution < 1.29 is 4.79 Å². The van der Waals surface area contributed by atoms with Gasteiger partial charge in [0.15, 0.2) is 0 Å². The van der Waals surface area contributed by atoms with Gasteiger partial charge in [-0.3, -0.25) is 4.79 Å². The summed E-state index contributed by atoms with van der Waals surface area (Å²) in [5.41, 5.74) is 3.88. The zero-order valence-electron chi connectivity index (χ0n) is 14.2. The van der Waals surface area contributed by atoms with Crippen LogP contribution in [-0.2, 0) is 0 Å². The van der Waals surface area contributed by atoms with E-state index in [1.807, 2.05) is 61.2 Å². The molecule has 0 aliphatic heterocycles. The summed E-state index contributed by atoms with van der Waals surface area (Å²) in [7, 11) is 0. The molecule has 0 bridgehead atoms. The number of para-hydroxylation sites is 2. The van der Waals surface area contributed by atoms with Gasteiger partial charge in [-0.25, -0.2) is 4.68 Å². The van der Waals surface area contributed by atoms with Crippen molar-refractivity contribution >= 4 is 35.0 Å². The quantitative estimate of drug-likeness (QED) is 0.648. The highest BCUT2D eigenvalue weighted by Crippen LogP contribution is 2.26. The van der Waals surface area contributed by atoms with Crippen LogP contribution in [0.2, 0.25) is 5.02 Å². The minimum Gasteiger partial charge on any atom is -0.320 e. The molecule has 0 fully saturated rings. The summed E-state index contributed by atoms with van der Waals surface area (Å²) in [4.78, 5) is 13.7. The summed E-state index contributed by atoms with van der Waals surface area (Å²) in [6.45, 7) is 3.93. The molecule has 0 atom stereocenters. The number of aryl methyl sites for hydroxylation is 2. The molecule has 1 aromatic heterocycles. The first-order chi connectivity index (χ1) is 12.0. The summed E-state index contributed by atoms with van der Waals surface area (Å²) in [5.74, 6) is -0.241. The summed E-state index contributed by atoms with van der Waals surface area (Å²) < 4.78 is 1.82. The Kier molecular flexibility index (Phi) is 5.16. The maximum Gasteiger partial charge on any atom is 0.257 e. The van der Waals surface area contributed by atoms with Crippen molar-refractivity contribution in [2.24, 2.45) is 0 Å². The van der Waals surface area contributed by atoms with Crippen LogP contribution in [0.1, 0.15) is 21.7 Å². The topological polar surface area (TPSA) is 46.9 Å². The van der Waals surface area contributed by atoms with Gasteiger partial charge in [-0.2, -0.15) is 5.10 Å². The van der Waals surface area contributed by atoms with Crippen molar-refractivity contribution in [2.45, 2.75) is 18.7 Å². The van der Waals surface area contributed by atoms with E-state index >= 15 is 0 Å². The molecule has 0 unspecified atom stereocenters. The molecule has 1 heterocycles. The lowest BCUT2D eigenvalue weighted by Gasteiger charge is -2.13. The van der Waals surface area contributed by atoms with Gasteiger partial charge in [-0.1, -0.05) is 23.7 Å². The molecule has 0 saturated carbocycles. The molecular weight excluding hydrogens is 354 g/mol. The predicted molar refractivity (Wildman–Crippen MR) is 104 cm³/mol. The number of nitrogens with one attached hydrogen (secondary N) is 1. The molecule has 0 aliphatic rings. The van der Waals surface area contributed by atoms with E-state index in [-0.39, 0.29) is 5.91 Å². The summed E-state index contributed by atoms with van der Waals surface area (Å²) in [5, 5.41) is 7.89.